The number of pyridine rings is 1. The smallest absolute Gasteiger partial charge is 0.204 e. The first-order valence-electron chi connectivity index (χ1n) is 6.16. The molecule has 0 aliphatic carbocycles. The molecule has 0 fully saturated rings. The van der Waals surface area contributed by atoms with Crippen molar-refractivity contribution in [1.82, 2.24) is 4.98 Å². The van der Waals surface area contributed by atoms with Crippen molar-refractivity contribution in [3.63, 3.8) is 0 Å². The lowest BCUT2D eigenvalue weighted by Gasteiger charge is -2.02. The van der Waals surface area contributed by atoms with E-state index in [9.17, 15) is 4.79 Å². The summed E-state index contributed by atoms with van der Waals surface area (Å²) in [5, 5.41) is 0. The van der Waals surface area contributed by atoms with Gasteiger partial charge in [0.15, 0.2) is 0 Å². The first kappa shape index (κ1) is 13.0. The molecule has 2 rings (SSSR count). The Labute approximate surface area is 112 Å². The molecule has 0 bridgehead atoms. The SMILES string of the molecule is CCOc1ccc(/C=C/C(=O)c2ccccn2)cc1. The number of benzene rings is 1. The second-order valence-corrected chi connectivity index (χ2v) is 3.91. The minimum atomic E-state index is -0.102. The van der Waals surface area contributed by atoms with Gasteiger partial charge in [-0.2, -0.15) is 0 Å². The molecule has 19 heavy (non-hydrogen) atoms. The standard InChI is InChI=1S/C16H15NO2/c1-2-19-14-9-6-13(7-10-14)8-11-16(18)15-5-3-4-12-17-15/h3-12H,2H2,1H3/b11-8+. The number of hydrogen-bond acceptors (Lipinski definition) is 3. The molecular weight excluding hydrogens is 238 g/mol. The highest BCUT2D eigenvalue weighted by Crippen LogP contribution is 2.13. The van der Waals surface area contributed by atoms with Gasteiger partial charge in [0.2, 0.25) is 5.78 Å². The quantitative estimate of drug-likeness (QED) is 0.605. The Morgan fingerprint density at radius 2 is 2.00 bits per heavy atom. The Bertz CT molecular complexity index is 559. The zero-order chi connectivity index (χ0) is 13.5. The molecule has 0 aliphatic rings. The van der Waals surface area contributed by atoms with E-state index in [0.29, 0.717) is 12.3 Å². The highest BCUT2D eigenvalue weighted by atomic mass is 16.5. The van der Waals surface area contributed by atoms with Crippen molar-refractivity contribution in [1.29, 1.82) is 0 Å². The lowest BCUT2D eigenvalue weighted by molar-refractivity contribution is 0.104. The minimum Gasteiger partial charge on any atom is -0.494 e. The number of rotatable bonds is 5. The normalized spacial score (nSPS) is 10.6. The van der Waals surface area contributed by atoms with Gasteiger partial charge in [-0.25, -0.2) is 0 Å². The molecule has 1 aromatic carbocycles. The van der Waals surface area contributed by atoms with Gasteiger partial charge in [0, 0.05) is 6.20 Å². The molecule has 3 heteroatoms. The highest BCUT2D eigenvalue weighted by Gasteiger charge is 2.01. The van der Waals surface area contributed by atoms with Gasteiger partial charge in [0.05, 0.1) is 6.61 Å². The van der Waals surface area contributed by atoms with E-state index >= 15 is 0 Å². The van der Waals surface area contributed by atoms with E-state index in [1.165, 1.54) is 6.08 Å². The fourth-order valence-electron chi connectivity index (χ4n) is 1.61. The monoisotopic (exact) mass is 253 g/mol. The molecule has 3 nitrogen and oxygen atoms in total. The Hall–Kier alpha value is -2.42. The maximum absolute atomic E-state index is 11.8. The lowest BCUT2D eigenvalue weighted by Crippen LogP contribution is -1.96. The van der Waals surface area contributed by atoms with Crippen LogP contribution in [0.5, 0.6) is 5.75 Å². The molecule has 0 saturated heterocycles. The number of hydrogen-bond donors (Lipinski definition) is 0. The summed E-state index contributed by atoms with van der Waals surface area (Å²) in [6, 6.07) is 12.9. The molecule has 2 aromatic rings. The maximum Gasteiger partial charge on any atom is 0.204 e. The predicted molar refractivity (Wildman–Crippen MR) is 75.2 cm³/mol. The van der Waals surface area contributed by atoms with Gasteiger partial charge in [0.1, 0.15) is 11.4 Å². The zero-order valence-electron chi connectivity index (χ0n) is 10.7. The molecule has 0 amide bonds. The topological polar surface area (TPSA) is 39.2 Å². The summed E-state index contributed by atoms with van der Waals surface area (Å²) in [5.41, 5.74) is 1.40. The first-order chi connectivity index (χ1) is 9.29. The van der Waals surface area contributed by atoms with Crippen LogP contribution in [0.3, 0.4) is 0 Å². The molecule has 0 saturated carbocycles. The molecule has 96 valence electrons. The number of ketones is 1. The van der Waals surface area contributed by atoms with Crippen LogP contribution in [0.1, 0.15) is 23.0 Å². The Morgan fingerprint density at radius 3 is 2.63 bits per heavy atom. The molecule has 0 unspecified atom stereocenters. The van der Waals surface area contributed by atoms with Crippen LogP contribution in [0, 0.1) is 0 Å². The van der Waals surface area contributed by atoms with Crippen molar-refractivity contribution in [2.45, 2.75) is 6.92 Å². The predicted octanol–water partition coefficient (Wildman–Crippen LogP) is 3.38. The number of ether oxygens (including phenoxy) is 1. The molecule has 1 aromatic heterocycles. The molecule has 1 heterocycles. The van der Waals surface area contributed by atoms with Crippen LogP contribution in [-0.4, -0.2) is 17.4 Å². The van der Waals surface area contributed by atoms with Crippen molar-refractivity contribution in [2.75, 3.05) is 6.61 Å². The van der Waals surface area contributed by atoms with E-state index < -0.39 is 0 Å². The maximum atomic E-state index is 11.8. The average Bonchev–Trinajstić information content (AvgIpc) is 2.47. The summed E-state index contributed by atoms with van der Waals surface area (Å²) >= 11 is 0. The first-order valence-corrected chi connectivity index (χ1v) is 6.16. The summed E-state index contributed by atoms with van der Waals surface area (Å²) in [6.07, 6.45) is 4.91. The summed E-state index contributed by atoms with van der Waals surface area (Å²) in [4.78, 5) is 15.8. The van der Waals surface area contributed by atoms with Crippen LogP contribution in [0.2, 0.25) is 0 Å². The van der Waals surface area contributed by atoms with Crippen LogP contribution in [0.25, 0.3) is 6.08 Å². The number of aromatic nitrogens is 1. The number of nitrogens with zero attached hydrogens (tertiary/aromatic N) is 1. The van der Waals surface area contributed by atoms with Gasteiger partial charge in [-0.05, 0) is 42.8 Å². The third-order valence-corrected chi connectivity index (χ3v) is 2.54. The van der Waals surface area contributed by atoms with Crippen LogP contribution >= 0.6 is 0 Å². The Morgan fingerprint density at radius 1 is 1.21 bits per heavy atom. The van der Waals surface area contributed by atoms with Gasteiger partial charge < -0.3 is 4.74 Å². The number of carbonyl (C=O) groups excluding carboxylic acids is 1. The van der Waals surface area contributed by atoms with E-state index in [4.69, 9.17) is 4.74 Å². The molecular formula is C16H15NO2. The van der Waals surface area contributed by atoms with Crippen LogP contribution in [0.4, 0.5) is 0 Å². The van der Waals surface area contributed by atoms with Crippen molar-refractivity contribution in [2.24, 2.45) is 0 Å². The van der Waals surface area contributed by atoms with Crippen LogP contribution < -0.4 is 4.74 Å². The van der Waals surface area contributed by atoms with E-state index in [-0.39, 0.29) is 5.78 Å². The molecule has 0 atom stereocenters. The minimum absolute atomic E-state index is 0.102. The summed E-state index contributed by atoms with van der Waals surface area (Å²) in [7, 11) is 0. The highest BCUT2D eigenvalue weighted by molar-refractivity contribution is 6.05. The second kappa shape index (κ2) is 6.50. The van der Waals surface area contributed by atoms with Gasteiger partial charge >= 0.3 is 0 Å². The third-order valence-electron chi connectivity index (χ3n) is 2.54. The fraction of sp³-hybridized carbons (Fsp3) is 0.125. The van der Waals surface area contributed by atoms with Crippen molar-refractivity contribution < 1.29 is 9.53 Å². The largest absolute Gasteiger partial charge is 0.494 e. The van der Waals surface area contributed by atoms with E-state index in [2.05, 4.69) is 4.98 Å². The van der Waals surface area contributed by atoms with Crippen LogP contribution in [0.15, 0.2) is 54.7 Å². The van der Waals surface area contributed by atoms with Crippen molar-refractivity contribution >= 4 is 11.9 Å². The Balaban J connectivity index is 2.04. The number of carbonyl (C=O) groups is 1. The van der Waals surface area contributed by atoms with Crippen molar-refractivity contribution in [3.8, 4) is 5.75 Å². The fourth-order valence-corrected chi connectivity index (χ4v) is 1.61. The van der Waals surface area contributed by atoms with E-state index in [1.807, 2.05) is 31.2 Å². The van der Waals surface area contributed by atoms with E-state index in [1.54, 1.807) is 30.5 Å². The van der Waals surface area contributed by atoms with Gasteiger partial charge in [-0.15, -0.1) is 0 Å². The average molecular weight is 253 g/mol. The summed E-state index contributed by atoms with van der Waals surface area (Å²) in [5.74, 6) is 0.727. The molecule has 0 aliphatic heterocycles. The van der Waals surface area contributed by atoms with Crippen LogP contribution in [-0.2, 0) is 0 Å². The van der Waals surface area contributed by atoms with Crippen molar-refractivity contribution in [3.05, 3.63) is 66.0 Å². The lowest BCUT2D eigenvalue weighted by atomic mass is 10.1. The molecule has 0 N–H and O–H groups in total. The van der Waals surface area contributed by atoms with Gasteiger partial charge in [-0.3, -0.25) is 9.78 Å². The zero-order valence-corrected chi connectivity index (χ0v) is 10.7. The summed E-state index contributed by atoms with van der Waals surface area (Å²) in [6.45, 7) is 2.59. The second-order valence-electron chi connectivity index (χ2n) is 3.91. The van der Waals surface area contributed by atoms with Gasteiger partial charge in [-0.1, -0.05) is 24.3 Å². The third kappa shape index (κ3) is 3.78. The molecule has 0 spiro atoms. The molecule has 0 radical (unpaired) electrons. The van der Waals surface area contributed by atoms with E-state index in [0.717, 1.165) is 11.3 Å². The summed E-state index contributed by atoms with van der Waals surface area (Å²) < 4.78 is 5.35. The number of allylic oxidation sites excluding steroid dienone is 1. The van der Waals surface area contributed by atoms with Gasteiger partial charge in [0.25, 0.3) is 0 Å². The Kier molecular flexibility index (Phi) is 4.45.